The van der Waals surface area contributed by atoms with Crippen molar-refractivity contribution in [1.82, 2.24) is 10.2 Å². The van der Waals surface area contributed by atoms with Crippen LogP contribution in [0.3, 0.4) is 0 Å². The van der Waals surface area contributed by atoms with E-state index in [0.29, 0.717) is 11.3 Å². The van der Waals surface area contributed by atoms with Gasteiger partial charge in [-0.15, -0.1) is 5.10 Å². The van der Waals surface area contributed by atoms with Gasteiger partial charge in [0.2, 0.25) is 5.88 Å². The van der Waals surface area contributed by atoms with E-state index in [4.69, 9.17) is 15.7 Å². The van der Waals surface area contributed by atoms with Crippen LogP contribution in [0.25, 0.3) is 0 Å². The van der Waals surface area contributed by atoms with Crippen LogP contribution in [0.1, 0.15) is 22.3 Å². The van der Waals surface area contributed by atoms with E-state index in [0.717, 1.165) is 16.7 Å². The third-order valence-corrected chi connectivity index (χ3v) is 3.14. The third kappa shape index (κ3) is 2.54. The lowest BCUT2D eigenvalue weighted by Crippen LogP contribution is -2.15. The van der Waals surface area contributed by atoms with E-state index in [9.17, 15) is 0 Å². The Morgan fingerprint density at radius 1 is 1.20 bits per heavy atom. The molecule has 104 valence electrons. The zero-order chi connectivity index (χ0) is 14.7. The van der Waals surface area contributed by atoms with Crippen LogP contribution in [0, 0.1) is 20.8 Å². The molecule has 0 bridgehead atoms. The predicted octanol–water partition coefficient (Wildman–Crippen LogP) is 2.29. The maximum Gasteiger partial charge on any atom is 0.250 e. The number of ether oxygens (including phenoxy) is 1. The lowest BCUT2D eigenvalue weighted by molar-refractivity contribution is 0.318. The summed E-state index contributed by atoms with van der Waals surface area (Å²) < 4.78 is 5.83. The summed E-state index contributed by atoms with van der Waals surface area (Å²) in [6, 6.07) is 5.58. The Balaban J connectivity index is 2.49. The van der Waals surface area contributed by atoms with E-state index < -0.39 is 0 Å². The molecule has 6 nitrogen and oxygen atoms in total. The normalized spacial score (nSPS) is 11.4. The molecule has 1 heterocycles. The van der Waals surface area contributed by atoms with Crippen molar-refractivity contribution in [2.75, 3.05) is 0 Å². The Labute approximate surface area is 116 Å². The molecule has 1 aromatic heterocycles. The average Bonchev–Trinajstić information content (AvgIpc) is 2.47. The van der Waals surface area contributed by atoms with Gasteiger partial charge in [-0.05, 0) is 43.5 Å². The number of rotatable bonds is 3. The minimum atomic E-state index is -0.0714. The van der Waals surface area contributed by atoms with Crippen LogP contribution in [0.4, 0.5) is 0 Å². The number of nitrogens with two attached hydrogens (primary N) is 1. The van der Waals surface area contributed by atoms with Crippen molar-refractivity contribution in [3.8, 4) is 11.6 Å². The lowest BCUT2D eigenvalue weighted by atomic mass is 10.1. The van der Waals surface area contributed by atoms with Crippen LogP contribution in [0.2, 0.25) is 0 Å². The highest BCUT2D eigenvalue weighted by atomic mass is 16.5. The van der Waals surface area contributed by atoms with Gasteiger partial charge >= 0.3 is 0 Å². The molecule has 0 spiro atoms. The molecule has 0 unspecified atom stereocenters. The Hall–Kier alpha value is -2.63. The molecular formula is C14H16N4O2. The quantitative estimate of drug-likeness (QED) is 0.387. The number of amidine groups is 1. The minimum absolute atomic E-state index is 0.0714. The van der Waals surface area contributed by atoms with E-state index >= 15 is 0 Å². The fraction of sp³-hybridized carbons (Fsp3) is 0.214. The van der Waals surface area contributed by atoms with E-state index in [1.165, 1.54) is 6.20 Å². The summed E-state index contributed by atoms with van der Waals surface area (Å²) in [6.45, 7) is 5.92. The van der Waals surface area contributed by atoms with Crippen molar-refractivity contribution in [2.45, 2.75) is 20.8 Å². The van der Waals surface area contributed by atoms with Crippen LogP contribution >= 0.6 is 0 Å². The number of nitrogens with zero attached hydrogens (tertiary/aromatic N) is 3. The maximum atomic E-state index is 8.79. The first kappa shape index (κ1) is 13.8. The van der Waals surface area contributed by atoms with Crippen molar-refractivity contribution in [2.24, 2.45) is 10.9 Å². The number of hydrogen-bond donors (Lipinski definition) is 2. The SMILES string of the molecule is Cc1ccc(C)c(Oc2nnccc2/C(N)=N/O)c1C. The van der Waals surface area contributed by atoms with Gasteiger partial charge in [0.25, 0.3) is 0 Å². The largest absolute Gasteiger partial charge is 0.436 e. The van der Waals surface area contributed by atoms with Crippen molar-refractivity contribution >= 4 is 5.84 Å². The van der Waals surface area contributed by atoms with Crippen molar-refractivity contribution in [1.29, 1.82) is 0 Å². The average molecular weight is 272 g/mol. The highest BCUT2D eigenvalue weighted by Crippen LogP contribution is 2.30. The summed E-state index contributed by atoms with van der Waals surface area (Å²) in [5, 5.41) is 19.4. The molecular weight excluding hydrogens is 256 g/mol. The monoisotopic (exact) mass is 272 g/mol. The fourth-order valence-corrected chi connectivity index (χ4v) is 1.82. The van der Waals surface area contributed by atoms with Crippen molar-refractivity contribution < 1.29 is 9.94 Å². The van der Waals surface area contributed by atoms with Crippen LogP contribution in [0.5, 0.6) is 11.6 Å². The van der Waals surface area contributed by atoms with Gasteiger partial charge in [0.05, 0.1) is 11.8 Å². The topological polar surface area (TPSA) is 93.6 Å². The van der Waals surface area contributed by atoms with Crippen LogP contribution < -0.4 is 10.5 Å². The number of oxime groups is 1. The molecule has 1 aromatic carbocycles. The molecule has 0 amide bonds. The van der Waals surface area contributed by atoms with Gasteiger partial charge in [0, 0.05) is 0 Å². The molecule has 0 saturated carbocycles. The summed E-state index contributed by atoms with van der Waals surface area (Å²) in [5.41, 5.74) is 9.10. The third-order valence-electron chi connectivity index (χ3n) is 3.14. The second-order valence-electron chi connectivity index (χ2n) is 4.49. The highest BCUT2D eigenvalue weighted by molar-refractivity contribution is 5.98. The van der Waals surface area contributed by atoms with Gasteiger partial charge in [-0.2, -0.15) is 5.10 Å². The first-order valence-corrected chi connectivity index (χ1v) is 6.09. The molecule has 0 radical (unpaired) electrons. The number of aryl methyl sites for hydroxylation is 2. The van der Waals surface area contributed by atoms with Gasteiger partial charge in [0.1, 0.15) is 5.75 Å². The Morgan fingerprint density at radius 2 is 1.90 bits per heavy atom. The van der Waals surface area contributed by atoms with E-state index in [1.54, 1.807) is 6.07 Å². The number of hydrogen-bond acceptors (Lipinski definition) is 5. The number of aromatic nitrogens is 2. The maximum absolute atomic E-state index is 8.79. The Bertz CT molecular complexity index is 668. The molecule has 0 fully saturated rings. The van der Waals surface area contributed by atoms with E-state index in [2.05, 4.69) is 15.4 Å². The van der Waals surface area contributed by atoms with Crippen LogP contribution in [-0.2, 0) is 0 Å². The summed E-state index contributed by atoms with van der Waals surface area (Å²) in [5.74, 6) is 0.843. The highest BCUT2D eigenvalue weighted by Gasteiger charge is 2.14. The van der Waals surface area contributed by atoms with Gasteiger partial charge in [0.15, 0.2) is 5.84 Å². The first-order valence-electron chi connectivity index (χ1n) is 6.09. The Kier molecular flexibility index (Phi) is 3.84. The van der Waals surface area contributed by atoms with Gasteiger partial charge < -0.3 is 15.7 Å². The zero-order valence-electron chi connectivity index (χ0n) is 11.6. The summed E-state index contributed by atoms with van der Waals surface area (Å²) in [4.78, 5) is 0. The van der Waals surface area contributed by atoms with Gasteiger partial charge in [-0.3, -0.25) is 0 Å². The second-order valence-corrected chi connectivity index (χ2v) is 4.49. The molecule has 0 aliphatic heterocycles. The molecule has 0 atom stereocenters. The molecule has 6 heteroatoms. The van der Waals surface area contributed by atoms with Crippen molar-refractivity contribution in [3.05, 3.63) is 46.6 Å². The zero-order valence-corrected chi connectivity index (χ0v) is 11.6. The lowest BCUT2D eigenvalue weighted by Gasteiger charge is -2.14. The van der Waals surface area contributed by atoms with E-state index in [1.807, 2.05) is 32.9 Å². The molecule has 0 saturated heterocycles. The minimum Gasteiger partial charge on any atom is -0.436 e. The predicted molar refractivity (Wildman–Crippen MR) is 75.3 cm³/mol. The van der Waals surface area contributed by atoms with E-state index in [-0.39, 0.29) is 11.7 Å². The smallest absolute Gasteiger partial charge is 0.250 e. The molecule has 2 rings (SSSR count). The first-order chi connectivity index (χ1) is 9.54. The summed E-state index contributed by atoms with van der Waals surface area (Å²) >= 11 is 0. The molecule has 0 aliphatic carbocycles. The van der Waals surface area contributed by atoms with Gasteiger partial charge in [-0.25, -0.2) is 0 Å². The standard InChI is InChI=1S/C14H16N4O2/c1-8-4-5-9(2)12(10(8)3)20-14-11(13(15)18-19)6-7-16-17-14/h4-7,19H,1-3H3,(H2,15,18). The summed E-state index contributed by atoms with van der Waals surface area (Å²) in [6.07, 6.45) is 1.45. The molecule has 0 aliphatic rings. The fourth-order valence-electron chi connectivity index (χ4n) is 1.82. The Morgan fingerprint density at radius 3 is 2.60 bits per heavy atom. The van der Waals surface area contributed by atoms with Crippen LogP contribution in [-0.4, -0.2) is 21.2 Å². The molecule has 20 heavy (non-hydrogen) atoms. The number of benzene rings is 1. The van der Waals surface area contributed by atoms with Gasteiger partial charge in [-0.1, -0.05) is 17.3 Å². The summed E-state index contributed by atoms with van der Waals surface area (Å²) in [7, 11) is 0. The molecule has 2 aromatic rings. The van der Waals surface area contributed by atoms with Crippen LogP contribution in [0.15, 0.2) is 29.6 Å². The molecule has 3 N–H and O–H groups in total. The second kappa shape index (κ2) is 5.56. The van der Waals surface area contributed by atoms with Crippen molar-refractivity contribution in [3.63, 3.8) is 0 Å².